The number of hydrogen-bond donors (Lipinski definition) is 1. The van der Waals surface area contributed by atoms with E-state index in [1.54, 1.807) is 0 Å². The lowest BCUT2D eigenvalue weighted by atomic mass is 9.86. The Kier molecular flexibility index (Phi) is 5.38. The Labute approximate surface area is 145 Å². The lowest BCUT2D eigenvalue weighted by molar-refractivity contribution is -0.150. The van der Waals surface area contributed by atoms with Crippen molar-refractivity contribution in [2.24, 2.45) is 0 Å². The monoisotopic (exact) mass is 331 g/mol. The fraction of sp³-hybridized carbons (Fsp3) is 0.550. The van der Waals surface area contributed by atoms with E-state index in [-0.39, 0.29) is 5.76 Å². The second-order valence-electron chi connectivity index (χ2n) is 6.66. The number of nitrogens with zero attached hydrogens (tertiary/aromatic N) is 1. The summed E-state index contributed by atoms with van der Waals surface area (Å²) in [6.45, 7) is 11.7. The number of aryl methyl sites for hydroxylation is 3. The summed E-state index contributed by atoms with van der Waals surface area (Å²) < 4.78 is 5.65. The number of benzene rings is 1. The molecule has 2 aliphatic rings. The van der Waals surface area contributed by atoms with Crippen molar-refractivity contribution < 1.29 is 14.6 Å². The molecule has 1 saturated heterocycles. The third-order valence-corrected chi connectivity index (χ3v) is 5.07. The van der Waals surface area contributed by atoms with Crippen molar-refractivity contribution in [3.63, 3.8) is 0 Å². The highest BCUT2D eigenvalue weighted by Gasteiger charge is 2.50. The van der Waals surface area contributed by atoms with Gasteiger partial charge in [-0.3, -0.25) is 0 Å². The quantitative estimate of drug-likeness (QED) is 0.792. The van der Waals surface area contributed by atoms with Gasteiger partial charge in [-0.25, -0.2) is 4.79 Å². The minimum atomic E-state index is -0.815. The molecule has 2 aliphatic heterocycles. The topological polar surface area (TPSA) is 49.8 Å². The van der Waals surface area contributed by atoms with Crippen molar-refractivity contribution in [3.05, 3.63) is 40.1 Å². The van der Waals surface area contributed by atoms with Crippen LogP contribution in [0, 0.1) is 20.8 Å². The number of likely N-dealkylation sites (tertiary alicyclic amines) is 1. The van der Waals surface area contributed by atoms with Crippen LogP contribution in [0.3, 0.4) is 0 Å². The number of piperidine rings is 1. The standard InChI is InChI=1S/C18H23NO3.C2H6/c1-11-9-13(3)14(10-12(11)2)15-16(20)18(22-17(15)21)5-7-19(4)8-6-18;1-2/h9-10,20H,5-8H2,1-4H3;1-2H3. The maximum Gasteiger partial charge on any atom is 0.343 e. The number of esters is 1. The molecule has 2 heterocycles. The Balaban J connectivity index is 0.00000100. The van der Waals surface area contributed by atoms with Crippen LogP contribution >= 0.6 is 0 Å². The van der Waals surface area contributed by atoms with Crippen molar-refractivity contribution in [1.82, 2.24) is 4.90 Å². The molecule has 0 aromatic heterocycles. The summed E-state index contributed by atoms with van der Waals surface area (Å²) in [6, 6.07) is 4.03. The third-order valence-electron chi connectivity index (χ3n) is 5.07. The average Bonchev–Trinajstić information content (AvgIpc) is 2.79. The lowest BCUT2D eigenvalue weighted by Crippen LogP contribution is -2.44. The molecule has 0 aliphatic carbocycles. The van der Waals surface area contributed by atoms with Gasteiger partial charge >= 0.3 is 5.97 Å². The van der Waals surface area contributed by atoms with Crippen molar-refractivity contribution in [3.8, 4) is 0 Å². The Bertz CT molecular complexity index is 668. The second kappa shape index (κ2) is 6.98. The van der Waals surface area contributed by atoms with Gasteiger partial charge in [0.15, 0.2) is 11.4 Å². The normalized spacial score (nSPS) is 20.0. The summed E-state index contributed by atoms with van der Waals surface area (Å²) >= 11 is 0. The first-order chi connectivity index (χ1) is 11.3. The van der Waals surface area contributed by atoms with Gasteiger partial charge in [-0.1, -0.05) is 26.0 Å². The van der Waals surface area contributed by atoms with Crippen LogP contribution in [0.15, 0.2) is 17.9 Å². The van der Waals surface area contributed by atoms with Gasteiger partial charge in [0.05, 0.1) is 0 Å². The van der Waals surface area contributed by atoms with Gasteiger partial charge in [0.25, 0.3) is 0 Å². The van der Waals surface area contributed by atoms with E-state index in [4.69, 9.17) is 4.74 Å². The second-order valence-corrected chi connectivity index (χ2v) is 6.66. The highest BCUT2D eigenvalue weighted by molar-refractivity contribution is 6.20. The van der Waals surface area contributed by atoms with Gasteiger partial charge < -0.3 is 14.7 Å². The van der Waals surface area contributed by atoms with Crippen molar-refractivity contribution in [2.45, 2.75) is 53.1 Å². The Morgan fingerprint density at radius 3 is 2.17 bits per heavy atom. The summed E-state index contributed by atoms with van der Waals surface area (Å²) in [5, 5.41) is 10.8. The lowest BCUT2D eigenvalue weighted by Gasteiger charge is -2.36. The van der Waals surface area contributed by atoms with E-state index in [9.17, 15) is 9.90 Å². The van der Waals surface area contributed by atoms with E-state index in [0.717, 1.165) is 29.8 Å². The van der Waals surface area contributed by atoms with E-state index in [0.29, 0.717) is 18.4 Å². The molecule has 3 rings (SSSR count). The van der Waals surface area contributed by atoms with Gasteiger partial charge in [0, 0.05) is 25.9 Å². The van der Waals surface area contributed by atoms with Crippen LogP contribution in [-0.4, -0.2) is 41.7 Å². The number of carbonyl (C=O) groups is 1. The fourth-order valence-electron chi connectivity index (χ4n) is 3.39. The maximum atomic E-state index is 12.4. The highest BCUT2D eigenvalue weighted by Crippen LogP contribution is 2.43. The zero-order chi connectivity index (χ0) is 18.1. The highest BCUT2D eigenvalue weighted by atomic mass is 16.6. The van der Waals surface area contributed by atoms with Crippen molar-refractivity contribution in [1.29, 1.82) is 0 Å². The summed E-state index contributed by atoms with van der Waals surface area (Å²) in [5.41, 5.74) is 3.61. The van der Waals surface area contributed by atoms with Crippen LogP contribution in [-0.2, 0) is 9.53 Å². The largest absolute Gasteiger partial charge is 0.507 e. The number of aliphatic hydroxyl groups is 1. The average molecular weight is 331 g/mol. The molecule has 24 heavy (non-hydrogen) atoms. The molecule has 0 atom stereocenters. The molecule has 1 N–H and O–H groups in total. The molecule has 132 valence electrons. The van der Waals surface area contributed by atoms with Gasteiger partial charge in [-0.2, -0.15) is 0 Å². The minimum Gasteiger partial charge on any atom is -0.507 e. The Morgan fingerprint density at radius 2 is 1.58 bits per heavy atom. The van der Waals surface area contributed by atoms with Crippen LogP contribution in [0.2, 0.25) is 0 Å². The number of rotatable bonds is 1. The molecule has 1 aromatic carbocycles. The predicted molar refractivity (Wildman–Crippen MR) is 97.1 cm³/mol. The first-order valence-electron chi connectivity index (χ1n) is 8.78. The van der Waals surface area contributed by atoms with Crippen LogP contribution in [0.1, 0.15) is 48.9 Å². The Morgan fingerprint density at radius 1 is 1.04 bits per heavy atom. The molecular weight excluding hydrogens is 302 g/mol. The summed E-state index contributed by atoms with van der Waals surface area (Å²) in [4.78, 5) is 14.6. The fourth-order valence-corrected chi connectivity index (χ4v) is 3.39. The van der Waals surface area contributed by atoms with Gasteiger partial charge in [0.2, 0.25) is 0 Å². The maximum absolute atomic E-state index is 12.4. The molecule has 4 nitrogen and oxygen atoms in total. The first-order valence-corrected chi connectivity index (χ1v) is 8.78. The number of aliphatic hydroxyl groups excluding tert-OH is 1. The molecule has 1 aromatic rings. The SMILES string of the molecule is CC.Cc1cc(C)c(C2=C(O)C3(CCN(C)CC3)OC2=O)cc1C. The Hall–Kier alpha value is -1.81. The zero-order valence-corrected chi connectivity index (χ0v) is 15.7. The molecule has 0 unspecified atom stereocenters. The summed E-state index contributed by atoms with van der Waals surface area (Å²) in [6.07, 6.45) is 1.29. The molecule has 0 bridgehead atoms. The predicted octanol–water partition coefficient (Wildman–Crippen LogP) is 3.93. The first kappa shape index (κ1) is 18.5. The number of carbonyl (C=O) groups excluding carboxylic acids is 1. The van der Waals surface area contributed by atoms with Crippen molar-refractivity contribution >= 4 is 11.5 Å². The van der Waals surface area contributed by atoms with E-state index in [1.807, 2.05) is 47.7 Å². The molecule has 1 fully saturated rings. The molecule has 0 radical (unpaired) electrons. The minimum absolute atomic E-state index is 0.122. The third kappa shape index (κ3) is 3.07. The van der Waals surface area contributed by atoms with Crippen LogP contribution in [0.4, 0.5) is 0 Å². The molecule has 4 heteroatoms. The molecule has 0 amide bonds. The number of ether oxygens (including phenoxy) is 1. The smallest absolute Gasteiger partial charge is 0.343 e. The van der Waals surface area contributed by atoms with Crippen molar-refractivity contribution in [2.75, 3.05) is 20.1 Å². The van der Waals surface area contributed by atoms with Gasteiger partial charge in [-0.15, -0.1) is 0 Å². The summed E-state index contributed by atoms with van der Waals surface area (Å²) in [7, 11) is 2.04. The summed E-state index contributed by atoms with van der Waals surface area (Å²) in [5.74, 6) is -0.273. The van der Waals surface area contributed by atoms with Crippen LogP contribution < -0.4 is 0 Å². The van der Waals surface area contributed by atoms with Gasteiger partial charge in [-0.05, 0) is 50.1 Å². The van der Waals surface area contributed by atoms with E-state index in [1.165, 1.54) is 5.56 Å². The van der Waals surface area contributed by atoms with E-state index < -0.39 is 11.6 Å². The van der Waals surface area contributed by atoms with Gasteiger partial charge in [0.1, 0.15) is 5.57 Å². The van der Waals surface area contributed by atoms with E-state index >= 15 is 0 Å². The number of hydrogen-bond acceptors (Lipinski definition) is 4. The molecule has 0 saturated carbocycles. The van der Waals surface area contributed by atoms with Crippen LogP contribution in [0.5, 0.6) is 0 Å². The van der Waals surface area contributed by atoms with E-state index in [2.05, 4.69) is 11.0 Å². The molecular formula is C20H29NO3. The van der Waals surface area contributed by atoms with Crippen LogP contribution in [0.25, 0.3) is 5.57 Å². The molecule has 1 spiro atoms. The zero-order valence-electron chi connectivity index (χ0n) is 15.7.